The fourth-order valence-electron chi connectivity index (χ4n) is 2.58. The molecule has 3 aromatic rings. The summed E-state index contributed by atoms with van der Waals surface area (Å²) in [6.07, 6.45) is 1.94. The van der Waals surface area contributed by atoms with Gasteiger partial charge in [-0.25, -0.2) is 4.98 Å². The maximum atomic E-state index is 6.04. The van der Waals surface area contributed by atoms with Gasteiger partial charge in [-0.3, -0.25) is 4.98 Å². The van der Waals surface area contributed by atoms with Crippen LogP contribution in [0.2, 0.25) is 10.0 Å². The second kappa shape index (κ2) is 9.18. The van der Waals surface area contributed by atoms with E-state index in [9.17, 15) is 0 Å². The molecular formula is C21H21Cl2N3O. The van der Waals surface area contributed by atoms with Gasteiger partial charge in [0.1, 0.15) is 5.82 Å². The Morgan fingerprint density at radius 3 is 2.00 bits per heavy atom. The number of hydrogen-bond donors (Lipinski definition) is 1. The third kappa shape index (κ3) is 5.42. The fraction of sp³-hybridized carbons (Fsp3) is 0.238. The van der Waals surface area contributed by atoms with E-state index in [-0.39, 0.29) is 6.10 Å². The lowest BCUT2D eigenvalue weighted by Crippen LogP contribution is -2.14. The van der Waals surface area contributed by atoms with Gasteiger partial charge in [-0.2, -0.15) is 0 Å². The highest BCUT2D eigenvalue weighted by molar-refractivity contribution is 6.31. The highest BCUT2D eigenvalue weighted by atomic mass is 35.5. The van der Waals surface area contributed by atoms with Crippen LogP contribution in [0, 0.1) is 0 Å². The fourth-order valence-corrected chi connectivity index (χ4v) is 2.83. The molecule has 4 nitrogen and oxygen atoms in total. The van der Waals surface area contributed by atoms with Gasteiger partial charge in [0.05, 0.1) is 30.3 Å². The van der Waals surface area contributed by atoms with Gasteiger partial charge in [-0.1, -0.05) is 47.5 Å². The van der Waals surface area contributed by atoms with Crippen LogP contribution in [0.25, 0.3) is 22.5 Å². The van der Waals surface area contributed by atoms with Crippen LogP contribution in [0.15, 0.2) is 54.7 Å². The number of nitrogens with one attached hydrogen (secondary N) is 1. The Hall–Kier alpha value is -2.14. The van der Waals surface area contributed by atoms with E-state index in [2.05, 4.69) is 10.3 Å². The average molecular weight is 402 g/mol. The average Bonchev–Trinajstić information content (AvgIpc) is 2.66. The van der Waals surface area contributed by atoms with Gasteiger partial charge < -0.3 is 10.1 Å². The van der Waals surface area contributed by atoms with Gasteiger partial charge in [0.15, 0.2) is 0 Å². The molecule has 0 saturated carbocycles. The molecule has 140 valence electrons. The molecule has 0 bridgehead atoms. The van der Waals surface area contributed by atoms with Crippen molar-refractivity contribution < 1.29 is 4.74 Å². The Morgan fingerprint density at radius 1 is 0.889 bits per heavy atom. The van der Waals surface area contributed by atoms with E-state index in [0.29, 0.717) is 29.0 Å². The first-order chi connectivity index (χ1) is 13.0. The number of aromatic nitrogens is 2. The van der Waals surface area contributed by atoms with E-state index in [0.717, 1.165) is 22.5 Å². The number of benzene rings is 2. The second-order valence-electron chi connectivity index (χ2n) is 6.31. The standard InChI is InChI=1S/C21H21Cl2N3O/c1-14(2)27-12-11-24-19-13-25-20(15-3-7-17(22)8-4-15)21(26-19)16-5-9-18(23)10-6-16/h3-10,13-14H,11-12H2,1-2H3,(H,24,26). The van der Waals surface area contributed by atoms with Gasteiger partial charge in [0, 0.05) is 27.7 Å². The number of rotatable bonds is 7. The van der Waals surface area contributed by atoms with Crippen molar-refractivity contribution in [2.45, 2.75) is 20.0 Å². The summed E-state index contributed by atoms with van der Waals surface area (Å²) in [5.41, 5.74) is 3.47. The molecule has 3 rings (SSSR count). The lowest BCUT2D eigenvalue weighted by atomic mass is 10.0. The van der Waals surface area contributed by atoms with E-state index in [1.54, 1.807) is 6.20 Å². The largest absolute Gasteiger partial charge is 0.377 e. The molecule has 1 aromatic heterocycles. The molecule has 0 amide bonds. The number of nitrogens with zero attached hydrogens (tertiary/aromatic N) is 2. The Labute approximate surface area is 169 Å². The molecule has 0 unspecified atom stereocenters. The molecular weight excluding hydrogens is 381 g/mol. The summed E-state index contributed by atoms with van der Waals surface area (Å²) < 4.78 is 5.56. The summed E-state index contributed by atoms with van der Waals surface area (Å²) in [4.78, 5) is 9.43. The molecule has 0 aliphatic heterocycles. The predicted octanol–water partition coefficient (Wildman–Crippen LogP) is 5.95. The van der Waals surface area contributed by atoms with Crippen molar-refractivity contribution in [1.82, 2.24) is 9.97 Å². The first kappa shape index (κ1) is 19.6. The molecule has 0 radical (unpaired) electrons. The number of ether oxygens (including phenoxy) is 1. The molecule has 6 heteroatoms. The SMILES string of the molecule is CC(C)OCCNc1cnc(-c2ccc(Cl)cc2)c(-c2ccc(Cl)cc2)n1. The lowest BCUT2D eigenvalue weighted by Gasteiger charge is -2.13. The third-order valence-corrected chi connectivity index (χ3v) is 4.37. The smallest absolute Gasteiger partial charge is 0.145 e. The van der Waals surface area contributed by atoms with E-state index in [1.807, 2.05) is 62.4 Å². The van der Waals surface area contributed by atoms with Gasteiger partial charge >= 0.3 is 0 Å². The zero-order valence-corrected chi connectivity index (χ0v) is 16.8. The summed E-state index contributed by atoms with van der Waals surface area (Å²) in [7, 11) is 0. The van der Waals surface area contributed by atoms with Crippen molar-refractivity contribution in [2.75, 3.05) is 18.5 Å². The van der Waals surface area contributed by atoms with Crippen molar-refractivity contribution in [3.05, 3.63) is 64.8 Å². The minimum absolute atomic E-state index is 0.204. The van der Waals surface area contributed by atoms with Crippen LogP contribution >= 0.6 is 23.2 Å². The topological polar surface area (TPSA) is 47.0 Å². The molecule has 0 atom stereocenters. The molecule has 1 N–H and O–H groups in total. The Kier molecular flexibility index (Phi) is 6.67. The van der Waals surface area contributed by atoms with Gasteiger partial charge in [-0.15, -0.1) is 0 Å². The highest BCUT2D eigenvalue weighted by Crippen LogP contribution is 2.31. The molecule has 0 spiro atoms. The van der Waals surface area contributed by atoms with Crippen molar-refractivity contribution in [3.63, 3.8) is 0 Å². The summed E-state index contributed by atoms with van der Waals surface area (Å²) in [5, 5.41) is 4.63. The third-order valence-electron chi connectivity index (χ3n) is 3.87. The van der Waals surface area contributed by atoms with Crippen LogP contribution in [0.1, 0.15) is 13.8 Å². The van der Waals surface area contributed by atoms with Crippen LogP contribution in [-0.4, -0.2) is 29.2 Å². The Morgan fingerprint density at radius 2 is 1.44 bits per heavy atom. The van der Waals surface area contributed by atoms with Crippen molar-refractivity contribution in [2.24, 2.45) is 0 Å². The number of hydrogen-bond acceptors (Lipinski definition) is 4. The Balaban J connectivity index is 1.92. The zero-order chi connectivity index (χ0) is 19.2. The lowest BCUT2D eigenvalue weighted by molar-refractivity contribution is 0.0870. The molecule has 0 saturated heterocycles. The number of halogens is 2. The van der Waals surface area contributed by atoms with E-state index in [1.165, 1.54) is 0 Å². The summed E-state index contributed by atoms with van der Waals surface area (Å²) in [5.74, 6) is 0.699. The first-order valence-corrected chi connectivity index (χ1v) is 9.53. The molecule has 0 aliphatic carbocycles. The maximum Gasteiger partial charge on any atom is 0.145 e. The predicted molar refractivity (Wildman–Crippen MR) is 113 cm³/mol. The number of anilines is 1. The van der Waals surface area contributed by atoms with Crippen molar-refractivity contribution in [1.29, 1.82) is 0 Å². The van der Waals surface area contributed by atoms with Crippen LogP contribution in [-0.2, 0) is 4.74 Å². The quantitative estimate of drug-likeness (QED) is 0.496. The Bertz CT molecular complexity index is 881. The molecule has 2 aromatic carbocycles. The normalized spacial score (nSPS) is 11.0. The van der Waals surface area contributed by atoms with Crippen molar-refractivity contribution >= 4 is 29.0 Å². The minimum atomic E-state index is 0.204. The van der Waals surface area contributed by atoms with E-state index in [4.69, 9.17) is 32.9 Å². The van der Waals surface area contributed by atoms with Crippen molar-refractivity contribution in [3.8, 4) is 22.5 Å². The monoisotopic (exact) mass is 401 g/mol. The second-order valence-corrected chi connectivity index (χ2v) is 7.19. The van der Waals surface area contributed by atoms with Crippen LogP contribution in [0.3, 0.4) is 0 Å². The molecule has 0 fully saturated rings. The van der Waals surface area contributed by atoms with Gasteiger partial charge in [0.2, 0.25) is 0 Å². The zero-order valence-electron chi connectivity index (χ0n) is 15.2. The highest BCUT2D eigenvalue weighted by Gasteiger charge is 2.12. The summed E-state index contributed by atoms with van der Waals surface area (Å²) >= 11 is 12.1. The van der Waals surface area contributed by atoms with Gasteiger partial charge in [-0.05, 0) is 38.1 Å². The van der Waals surface area contributed by atoms with Crippen LogP contribution in [0.4, 0.5) is 5.82 Å². The summed E-state index contributed by atoms with van der Waals surface area (Å²) in [6, 6.07) is 15.2. The van der Waals surface area contributed by atoms with E-state index >= 15 is 0 Å². The summed E-state index contributed by atoms with van der Waals surface area (Å²) in [6.45, 7) is 5.29. The molecule has 27 heavy (non-hydrogen) atoms. The van der Waals surface area contributed by atoms with Crippen LogP contribution in [0.5, 0.6) is 0 Å². The molecule has 1 heterocycles. The first-order valence-electron chi connectivity index (χ1n) is 8.77. The van der Waals surface area contributed by atoms with Gasteiger partial charge in [0.25, 0.3) is 0 Å². The maximum absolute atomic E-state index is 6.04. The van der Waals surface area contributed by atoms with E-state index < -0.39 is 0 Å². The van der Waals surface area contributed by atoms with Crippen LogP contribution < -0.4 is 5.32 Å². The molecule has 0 aliphatic rings. The minimum Gasteiger partial charge on any atom is -0.377 e.